The summed E-state index contributed by atoms with van der Waals surface area (Å²) in [5.74, 6) is -0.0975. The first-order valence-electron chi connectivity index (χ1n) is 5.82. The van der Waals surface area contributed by atoms with Crippen molar-refractivity contribution in [2.24, 2.45) is 0 Å². The number of carbonyl (C=O) groups is 1. The summed E-state index contributed by atoms with van der Waals surface area (Å²) in [5, 5.41) is 0.898. The molecule has 0 saturated heterocycles. The van der Waals surface area contributed by atoms with Crippen LogP contribution in [0.4, 0.5) is 0 Å². The first-order valence-corrected chi connectivity index (χ1v) is 6.58. The minimum absolute atomic E-state index is 0.0975. The Morgan fingerprint density at radius 2 is 2.05 bits per heavy atom. The lowest BCUT2D eigenvalue weighted by atomic mass is 10.2. The van der Waals surface area contributed by atoms with Gasteiger partial charge in [-0.3, -0.25) is 9.78 Å². The molecule has 0 fully saturated rings. The predicted octanol–water partition coefficient (Wildman–Crippen LogP) is 3.54. The number of halogens is 2. The largest absolute Gasteiger partial charge is 0.328 e. The number of carbonyl (C=O) groups excluding carboxylic acids is 1. The van der Waals surface area contributed by atoms with E-state index in [4.69, 9.17) is 23.2 Å². The molecule has 0 N–H and O–H groups in total. The Balaban J connectivity index is 1.87. The Kier molecular flexibility index (Phi) is 3.17. The molecule has 3 nitrogen and oxygen atoms in total. The van der Waals surface area contributed by atoms with Crippen LogP contribution in [0.5, 0.6) is 0 Å². The first-order chi connectivity index (χ1) is 9.15. The third-order valence-corrected chi connectivity index (χ3v) is 3.68. The standard InChI is InChI=1S/C14H10Cl2N2O/c15-10-3-4-11(12(16)6-10)14(19)18-7-9-2-1-5-17-13(9)8-18/h1-6H,7-8H2. The molecule has 3 rings (SSSR count). The second-order valence-corrected chi connectivity index (χ2v) is 5.24. The molecule has 19 heavy (non-hydrogen) atoms. The number of amides is 1. The monoisotopic (exact) mass is 292 g/mol. The van der Waals surface area contributed by atoms with Crippen LogP contribution in [0.3, 0.4) is 0 Å². The van der Waals surface area contributed by atoms with Gasteiger partial charge in [0.05, 0.1) is 22.8 Å². The van der Waals surface area contributed by atoms with Gasteiger partial charge in [-0.1, -0.05) is 29.3 Å². The topological polar surface area (TPSA) is 33.2 Å². The highest BCUT2D eigenvalue weighted by Crippen LogP contribution is 2.26. The molecule has 2 heterocycles. The van der Waals surface area contributed by atoms with E-state index in [2.05, 4.69) is 4.98 Å². The maximum atomic E-state index is 12.4. The van der Waals surface area contributed by atoms with E-state index in [1.807, 2.05) is 12.1 Å². The van der Waals surface area contributed by atoms with E-state index in [-0.39, 0.29) is 5.91 Å². The Hall–Kier alpha value is -1.58. The van der Waals surface area contributed by atoms with Crippen molar-refractivity contribution in [3.63, 3.8) is 0 Å². The fraction of sp³-hybridized carbons (Fsp3) is 0.143. The van der Waals surface area contributed by atoms with Crippen molar-refractivity contribution in [1.29, 1.82) is 0 Å². The quantitative estimate of drug-likeness (QED) is 0.805. The minimum atomic E-state index is -0.0975. The lowest BCUT2D eigenvalue weighted by Gasteiger charge is -2.16. The highest BCUT2D eigenvalue weighted by atomic mass is 35.5. The van der Waals surface area contributed by atoms with E-state index >= 15 is 0 Å². The summed E-state index contributed by atoms with van der Waals surface area (Å²) < 4.78 is 0. The van der Waals surface area contributed by atoms with Crippen molar-refractivity contribution in [2.45, 2.75) is 13.1 Å². The molecule has 0 unspecified atom stereocenters. The van der Waals surface area contributed by atoms with Crippen LogP contribution in [0.15, 0.2) is 36.5 Å². The van der Waals surface area contributed by atoms with Crippen molar-refractivity contribution in [3.8, 4) is 0 Å². The number of benzene rings is 1. The average Bonchev–Trinajstić information content (AvgIpc) is 2.81. The summed E-state index contributed by atoms with van der Waals surface area (Å²) in [6, 6.07) is 8.77. The lowest BCUT2D eigenvalue weighted by molar-refractivity contribution is 0.0750. The molecule has 1 aliphatic heterocycles. The van der Waals surface area contributed by atoms with E-state index < -0.39 is 0 Å². The molecular weight excluding hydrogens is 283 g/mol. The second kappa shape index (κ2) is 4.83. The van der Waals surface area contributed by atoms with Crippen LogP contribution in [0.1, 0.15) is 21.6 Å². The third-order valence-electron chi connectivity index (χ3n) is 3.14. The summed E-state index contributed by atoms with van der Waals surface area (Å²) >= 11 is 11.9. The van der Waals surface area contributed by atoms with Gasteiger partial charge in [-0.25, -0.2) is 0 Å². The molecule has 1 aliphatic rings. The number of rotatable bonds is 1. The average molecular weight is 293 g/mol. The molecule has 5 heteroatoms. The lowest BCUT2D eigenvalue weighted by Crippen LogP contribution is -2.25. The molecule has 0 atom stereocenters. The zero-order valence-electron chi connectivity index (χ0n) is 9.94. The van der Waals surface area contributed by atoms with Gasteiger partial charge in [-0.05, 0) is 29.8 Å². The third kappa shape index (κ3) is 2.31. The van der Waals surface area contributed by atoms with Crippen LogP contribution in [-0.4, -0.2) is 15.8 Å². The fourth-order valence-corrected chi connectivity index (χ4v) is 2.67. The van der Waals surface area contributed by atoms with E-state index in [0.29, 0.717) is 28.7 Å². The SMILES string of the molecule is O=C(c1ccc(Cl)cc1Cl)N1Cc2cccnc2C1. The van der Waals surface area contributed by atoms with Crippen LogP contribution >= 0.6 is 23.2 Å². The predicted molar refractivity (Wildman–Crippen MR) is 74.3 cm³/mol. The van der Waals surface area contributed by atoms with Gasteiger partial charge in [-0.2, -0.15) is 0 Å². The van der Waals surface area contributed by atoms with Gasteiger partial charge in [-0.15, -0.1) is 0 Å². The number of aromatic nitrogens is 1. The minimum Gasteiger partial charge on any atom is -0.328 e. The van der Waals surface area contributed by atoms with E-state index in [9.17, 15) is 4.79 Å². The zero-order valence-corrected chi connectivity index (χ0v) is 11.4. The fourth-order valence-electron chi connectivity index (χ4n) is 2.18. The summed E-state index contributed by atoms with van der Waals surface area (Å²) in [6.07, 6.45) is 1.74. The second-order valence-electron chi connectivity index (χ2n) is 4.39. The van der Waals surface area contributed by atoms with Crippen LogP contribution in [0, 0.1) is 0 Å². The molecule has 0 radical (unpaired) electrons. The molecule has 0 saturated carbocycles. The van der Waals surface area contributed by atoms with E-state index in [1.165, 1.54) is 0 Å². The molecular formula is C14H10Cl2N2O. The maximum Gasteiger partial charge on any atom is 0.256 e. The number of pyridine rings is 1. The van der Waals surface area contributed by atoms with Crippen molar-refractivity contribution in [3.05, 3.63) is 63.4 Å². The number of fused-ring (bicyclic) bond motifs is 1. The van der Waals surface area contributed by atoms with E-state index in [1.54, 1.807) is 29.3 Å². The summed E-state index contributed by atoms with van der Waals surface area (Å²) in [6.45, 7) is 1.09. The van der Waals surface area contributed by atoms with Gasteiger partial charge in [0.2, 0.25) is 0 Å². The highest BCUT2D eigenvalue weighted by Gasteiger charge is 2.26. The highest BCUT2D eigenvalue weighted by molar-refractivity contribution is 6.36. The van der Waals surface area contributed by atoms with E-state index in [0.717, 1.165) is 11.3 Å². The summed E-state index contributed by atoms with van der Waals surface area (Å²) in [7, 11) is 0. The van der Waals surface area contributed by atoms with Gasteiger partial charge < -0.3 is 4.90 Å². The van der Waals surface area contributed by atoms with Gasteiger partial charge in [0.25, 0.3) is 5.91 Å². The van der Waals surface area contributed by atoms with Gasteiger partial charge >= 0.3 is 0 Å². The van der Waals surface area contributed by atoms with Gasteiger partial charge in [0, 0.05) is 17.8 Å². The summed E-state index contributed by atoms with van der Waals surface area (Å²) in [5.41, 5.74) is 2.50. The molecule has 0 aliphatic carbocycles. The van der Waals surface area contributed by atoms with Crippen molar-refractivity contribution >= 4 is 29.1 Å². The molecule has 0 bridgehead atoms. The van der Waals surface area contributed by atoms with Gasteiger partial charge in [0.15, 0.2) is 0 Å². The smallest absolute Gasteiger partial charge is 0.256 e. The molecule has 96 valence electrons. The number of hydrogen-bond acceptors (Lipinski definition) is 2. The Bertz CT molecular complexity index is 633. The molecule has 1 amide bonds. The Morgan fingerprint density at radius 3 is 2.79 bits per heavy atom. The van der Waals surface area contributed by atoms with Crippen molar-refractivity contribution in [1.82, 2.24) is 9.88 Å². The van der Waals surface area contributed by atoms with Gasteiger partial charge in [0.1, 0.15) is 0 Å². The summed E-state index contributed by atoms with van der Waals surface area (Å²) in [4.78, 5) is 18.4. The van der Waals surface area contributed by atoms with Crippen LogP contribution in [-0.2, 0) is 13.1 Å². The Labute approximate surface area is 120 Å². The normalized spacial score (nSPS) is 13.5. The molecule has 2 aromatic rings. The molecule has 0 spiro atoms. The van der Waals surface area contributed by atoms with Crippen molar-refractivity contribution in [2.75, 3.05) is 0 Å². The maximum absolute atomic E-state index is 12.4. The van der Waals surface area contributed by atoms with Crippen LogP contribution in [0.2, 0.25) is 10.0 Å². The van der Waals surface area contributed by atoms with Crippen molar-refractivity contribution < 1.29 is 4.79 Å². The molecule has 1 aromatic carbocycles. The molecule has 1 aromatic heterocycles. The first kappa shape index (κ1) is 12.5. The zero-order chi connectivity index (χ0) is 13.4. The number of nitrogens with zero attached hydrogens (tertiary/aromatic N) is 2. The number of hydrogen-bond donors (Lipinski definition) is 0. The van der Waals surface area contributed by atoms with Crippen LogP contribution in [0.25, 0.3) is 0 Å². The Morgan fingerprint density at radius 1 is 1.21 bits per heavy atom. The van der Waals surface area contributed by atoms with Crippen LogP contribution < -0.4 is 0 Å².